The van der Waals surface area contributed by atoms with E-state index in [0.29, 0.717) is 61.0 Å². The fourth-order valence-electron chi connectivity index (χ4n) is 13.5. The number of aliphatic hydroxyl groups excluding tert-OH is 1. The van der Waals surface area contributed by atoms with E-state index in [9.17, 15) is 91.7 Å². The lowest BCUT2D eigenvalue weighted by molar-refractivity contribution is -0.141. The standard InChI is InChI=1S/C84H137N19O20S/c1-14-47(11)68(83(121)103-69(48(12)15-2)84(122)102-67(46(9)10)82(120)94-55(27-17-19-35-86)76(114)98-60(39-44(5)6)79(117)99-61(40-63(89)106)80(118)96-58(72(90)110)41-65(108)109)100-64(107)31-28-49-22-20-24-51-52-25-21-23-50(71(52)123-70(49)51)32-36-91-74(112)59(38-43(3)4)97-75(113)54(26-16-18-34-85)92-78(116)57(33-37-124-13)93-77(115)56(29-30-62(88)105)95-81(119)66(45(7)8)101-73(111)53(87)42-104/h20-25,43-48,53-61,66-69,104H,14-19,26-42,85-87H2,1-13H3,(H2,88,105)(H2,89,106)(H2,90,110)(H,91,112)(H,92,116)(H,93,115)(H,94,120)(H,95,119)(H,96,118)(H,97,113)(H,98,114)(H,99,117)(H,100,107)(H,101,111)(H,102,122)(H,103,121)(H,108,109)/t47-,48-,53-,54-,55-,56-,57-,58-,59-,60-,61-,66-,67-,68-,69-/m0/s1. The summed E-state index contributed by atoms with van der Waals surface area (Å²) in [4.78, 5) is 230. The smallest absolute Gasteiger partial charge is 0.305 e. The highest BCUT2D eigenvalue weighted by atomic mass is 32.2. The molecule has 0 aliphatic rings. The topological polar surface area (TPSA) is 656 Å². The minimum atomic E-state index is -1.75. The predicted molar refractivity (Wildman–Crippen MR) is 467 cm³/mol. The highest BCUT2D eigenvalue weighted by Crippen LogP contribution is 2.34. The molecule has 40 heteroatoms. The van der Waals surface area contributed by atoms with Gasteiger partial charge in [-0.15, -0.1) is 0 Å². The van der Waals surface area contributed by atoms with Crippen LogP contribution in [0.3, 0.4) is 0 Å². The zero-order valence-electron chi connectivity index (χ0n) is 73.8. The lowest BCUT2D eigenvalue weighted by Crippen LogP contribution is -2.62. The van der Waals surface area contributed by atoms with Gasteiger partial charge in [0.1, 0.15) is 89.7 Å². The van der Waals surface area contributed by atoms with Crippen LogP contribution in [0, 0.1) is 35.5 Å². The number of fused-ring (bicyclic) bond motifs is 3. The number of nitrogens with one attached hydrogen (secondary N) is 13. The molecule has 0 spiro atoms. The molecule has 0 aliphatic heterocycles. The van der Waals surface area contributed by atoms with Crippen LogP contribution in [-0.4, -0.2) is 227 Å². The molecule has 694 valence electrons. The third-order valence-corrected chi connectivity index (χ3v) is 21.8. The van der Waals surface area contributed by atoms with Crippen LogP contribution in [0.4, 0.5) is 0 Å². The van der Waals surface area contributed by atoms with Crippen molar-refractivity contribution >= 4 is 134 Å². The summed E-state index contributed by atoms with van der Waals surface area (Å²) in [7, 11) is 0. The van der Waals surface area contributed by atoms with Crippen LogP contribution in [0.15, 0.2) is 40.8 Å². The Balaban J connectivity index is 1.84. The van der Waals surface area contributed by atoms with E-state index in [1.807, 2.05) is 57.2 Å². The van der Waals surface area contributed by atoms with Crippen molar-refractivity contribution in [3.63, 3.8) is 0 Å². The molecule has 1 aromatic heterocycles. The molecule has 0 fully saturated rings. The molecule has 0 bridgehead atoms. The summed E-state index contributed by atoms with van der Waals surface area (Å²) in [5.41, 5.74) is 35.9. The molecule has 3 aromatic rings. The van der Waals surface area contributed by atoms with Crippen molar-refractivity contribution in [3.8, 4) is 0 Å². The second-order valence-corrected chi connectivity index (χ2v) is 34.0. The van der Waals surface area contributed by atoms with Crippen LogP contribution in [0.5, 0.6) is 0 Å². The fraction of sp³-hybridized carbons (Fsp3) is 0.655. The van der Waals surface area contributed by atoms with Crippen molar-refractivity contribution in [2.24, 2.45) is 69.9 Å². The maximum atomic E-state index is 14.6. The number of aliphatic carboxylic acids is 1. The monoisotopic (exact) mass is 1760 g/mol. The number of aryl methyl sites for hydroxylation is 1. The maximum absolute atomic E-state index is 14.6. The van der Waals surface area contributed by atoms with E-state index in [4.69, 9.17) is 38.8 Å². The summed E-state index contributed by atoms with van der Waals surface area (Å²) in [6.07, 6.45) is 2.43. The third kappa shape index (κ3) is 36.3. The largest absolute Gasteiger partial charge is 0.481 e. The van der Waals surface area contributed by atoms with Gasteiger partial charge in [-0.2, -0.15) is 11.8 Å². The molecule has 0 radical (unpaired) electrons. The average Bonchev–Trinajstić information content (AvgIpc) is 1.62. The number of carboxylic acids is 1. The molecule has 27 N–H and O–H groups in total. The van der Waals surface area contributed by atoms with Crippen molar-refractivity contribution in [1.82, 2.24) is 69.1 Å². The Morgan fingerprint density at radius 1 is 0.419 bits per heavy atom. The zero-order chi connectivity index (χ0) is 93.4. The SMILES string of the molecule is CC[C@H](C)[C@H](NC(=O)CCc1cccc2c1oc1c(CCNC(=O)[C@H](CC(C)C)NC(=O)[C@H](CCCCN)NC(=O)[C@H](CCSC)NC(=O)[C@H](CCC(N)=O)NC(=O)[C@@H](NC(=O)[C@@H](N)CO)C(C)C)cccc12)C(=O)N[C@H](C(=O)N[C@H](C(=O)N[C@@H](CCCCN)C(=O)N[C@@H](CC(C)C)C(=O)N[C@@H](CC(N)=O)C(=O)N[C@@H](CC(=O)O)C(N)=O)C(C)C)[C@@H](C)CC. The first-order valence-electron chi connectivity index (χ1n) is 42.6. The van der Waals surface area contributed by atoms with Crippen LogP contribution in [0.2, 0.25) is 0 Å². The number of hydrogen-bond donors (Lipinski definition) is 21. The summed E-state index contributed by atoms with van der Waals surface area (Å²) in [6.45, 7) is 20.8. The number of unbranched alkanes of at least 4 members (excludes halogenated alkanes) is 2. The molecule has 3 rings (SSSR count). The van der Waals surface area contributed by atoms with E-state index >= 15 is 0 Å². The number of hydrogen-bond acceptors (Lipinski definition) is 23. The van der Waals surface area contributed by atoms with Crippen molar-refractivity contribution < 1.29 is 96.1 Å². The van der Waals surface area contributed by atoms with Crippen LogP contribution in [0.1, 0.15) is 197 Å². The summed E-state index contributed by atoms with van der Waals surface area (Å²) < 4.78 is 6.63. The van der Waals surface area contributed by atoms with Crippen molar-refractivity contribution in [2.45, 2.75) is 277 Å². The van der Waals surface area contributed by atoms with Gasteiger partial charge in [-0.05, 0) is 149 Å². The molecule has 2 aromatic carbocycles. The first-order valence-corrected chi connectivity index (χ1v) is 44.0. The van der Waals surface area contributed by atoms with E-state index in [1.54, 1.807) is 68.6 Å². The zero-order valence-corrected chi connectivity index (χ0v) is 74.6. The number of para-hydroxylation sites is 2. The van der Waals surface area contributed by atoms with Crippen molar-refractivity contribution in [3.05, 3.63) is 47.5 Å². The number of amides is 16. The number of carboxylic acid groups (broad SMARTS) is 1. The van der Waals surface area contributed by atoms with Gasteiger partial charge in [-0.25, -0.2) is 0 Å². The first-order chi connectivity index (χ1) is 58.5. The van der Waals surface area contributed by atoms with Crippen LogP contribution < -0.4 is 104 Å². The summed E-state index contributed by atoms with van der Waals surface area (Å²) in [5.74, 6) is -16.9. The van der Waals surface area contributed by atoms with Crippen molar-refractivity contribution in [2.75, 3.05) is 38.2 Å². The Labute approximate surface area is 729 Å². The summed E-state index contributed by atoms with van der Waals surface area (Å²) >= 11 is 1.37. The van der Waals surface area contributed by atoms with Crippen LogP contribution in [0.25, 0.3) is 21.9 Å². The van der Waals surface area contributed by atoms with Gasteiger partial charge in [0.05, 0.1) is 19.4 Å². The summed E-state index contributed by atoms with van der Waals surface area (Å²) in [6, 6.07) is -6.43. The Bertz CT molecular complexity index is 4110. The molecule has 39 nitrogen and oxygen atoms in total. The minimum absolute atomic E-state index is 0.000541. The lowest BCUT2D eigenvalue weighted by atomic mass is 9.94. The number of benzene rings is 2. The van der Waals surface area contributed by atoms with E-state index in [-0.39, 0.29) is 95.7 Å². The molecule has 0 unspecified atom stereocenters. The van der Waals surface area contributed by atoms with Gasteiger partial charge in [0.25, 0.3) is 0 Å². The molecule has 0 aliphatic carbocycles. The highest BCUT2D eigenvalue weighted by molar-refractivity contribution is 7.98. The molecule has 0 saturated heterocycles. The van der Waals surface area contributed by atoms with Gasteiger partial charge in [0.2, 0.25) is 94.5 Å². The Kier molecular flexibility index (Phi) is 47.7. The maximum Gasteiger partial charge on any atom is 0.305 e. The number of carbonyl (C=O) groups is 17. The molecule has 1 heterocycles. The van der Waals surface area contributed by atoms with Gasteiger partial charge < -0.3 is 118 Å². The van der Waals surface area contributed by atoms with E-state index in [0.717, 1.165) is 16.3 Å². The van der Waals surface area contributed by atoms with Gasteiger partial charge in [-0.3, -0.25) is 81.5 Å². The summed E-state index contributed by atoms with van der Waals surface area (Å²) in [5, 5.41) is 54.8. The number of aliphatic hydroxyl groups is 1. The normalized spacial score (nSPS) is 15.1. The molecule has 0 saturated carbocycles. The number of primary amides is 3. The second kappa shape index (κ2) is 54.9. The van der Waals surface area contributed by atoms with E-state index in [2.05, 4.69) is 69.1 Å². The highest BCUT2D eigenvalue weighted by Gasteiger charge is 2.40. The second-order valence-electron chi connectivity index (χ2n) is 33.1. The van der Waals surface area contributed by atoms with E-state index < -0.39 is 222 Å². The van der Waals surface area contributed by atoms with Gasteiger partial charge in [0.15, 0.2) is 0 Å². The molecule has 124 heavy (non-hydrogen) atoms. The number of thioether (sulfide) groups is 1. The Morgan fingerprint density at radius 3 is 1.23 bits per heavy atom. The fourth-order valence-corrected chi connectivity index (χ4v) is 14.0. The van der Waals surface area contributed by atoms with E-state index in [1.165, 1.54) is 11.8 Å². The lowest BCUT2D eigenvalue weighted by Gasteiger charge is -2.31. The first kappa shape index (κ1) is 108. The quantitative estimate of drug-likeness (QED) is 0.0299. The van der Waals surface area contributed by atoms with Gasteiger partial charge in [0, 0.05) is 30.2 Å². The third-order valence-electron chi connectivity index (χ3n) is 21.1. The molecule has 15 atom stereocenters. The Hall–Kier alpha value is -10.6. The van der Waals surface area contributed by atoms with Gasteiger partial charge >= 0.3 is 5.97 Å². The molecular weight excluding hydrogens is 1630 g/mol. The predicted octanol–water partition coefficient (Wildman–Crippen LogP) is -1.08. The molecular formula is C84H137N19O20S. The van der Waals surface area contributed by atoms with Gasteiger partial charge in [-0.1, -0.05) is 132 Å². The molecule has 16 amide bonds. The van der Waals surface area contributed by atoms with Crippen molar-refractivity contribution in [1.29, 1.82) is 0 Å². The average molecular weight is 1770 g/mol. The number of furan rings is 1. The van der Waals surface area contributed by atoms with Crippen LogP contribution in [-0.2, 0) is 94.3 Å². The Morgan fingerprint density at radius 2 is 0.806 bits per heavy atom. The van der Waals surface area contributed by atoms with Crippen LogP contribution >= 0.6 is 11.8 Å². The minimum Gasteiger partial charge on any atom is -0.481 e. The number of nitrogens with two attached hydrogens (primary N) is 6. The number of rotatable bonds is 60. The number of carbonyl (C=O) groups excluding carboxylic acids is 16.